The van der Waals surface area contributed by atoms with E-state index in [-0.39, 0.29) is 27.8 Å². The van der Waals surface area contributed by atoms with Gasteiger partial charge in [0.15, 0.2) is 11.4 Å². The molecule has 148 valence electrons. The zero-order valence-electron chi connectivity index (χ0n) is 14.8. The fraction of sp³-hybridized carbons (Fsp3) is 0.176. The molecule has 0 bridgehead atoms. The van der Waals surface area contributed by atoms with Crippen LogP contribution in [-0.4, -0.2) is 32.5 Å². The van der Waals surface area contributed by atoms with Crippen LogP contribution in [0.15, 0.2) is 30.0 Å². The predicted octanol–water partition coefficient (Wildman–Crippen LogP) is 3.69. The molecule has 3 rings (SSSR count). The quantitative estimate of drug-likeness (QED) is 0.666. The molecule has 0 aliphatic heterocycles. The van der Waals surface area contributed by atoms with Crippen molar-refractivity contribution in [2.45, 2.75) is 13.1 Å². The summed E-state index contributed by atoms with van der Waals surface area (Å²) >= 11 is 0.786. The number of thiazole rings is 1. The molecule has 0 radical (unpaired) electrons. The van der Waals surface area contributed by atoms with Gasteiger partial charge in [-0.1, -0.05) is 0 Å². The number of urea groups is 1. The number of carbonyl (C=O) groups excluding carboxylic acids is 1. The Labute approximate surface area is 166 Å². The van der Waals surface area contributed by atoms with Crippen molar-refractivity contribution in [1.82, 2.24) is 25.3 Å². The van der Waals surface area contributed by atoms with Crippen LogP contribution in [0.1, 0.15) is 18.3 Å². The van der Waals surface area contributed by atoms with E-state index >= 15 is 0 Å². The van der Waals surface area contributed by atoms with Crippen molar-refractivity contribution in [1.29, 1.82) is 5.26 Å². The number of aromatic nitrogens is 4. The van der Waals surface area contributed by atoms with Crippen molar-refractivity contribution in [3.05, 3.63) is 41.4 Å². The largest absolute Gasteiger partial charge is 0.434 e. The number of alkyl halides is 3. The molecule has 29 heavy (non-hydrogen) atoms. The zero-order chi connectivity index (χ0) is 21.0. The van der Waals surface area contributed by atoms with Gasteiger partial charge in [0.1, 0.15) is 16.9 Å². The number of nitrogens with zero attached hydrogens (tertiary/aromatic N) is 5. The lowest BCUT2D eigenvalue weighted by atomic mass is 10.1. The molecule has 0 spiro atoms. The van der Waals surface area contributed by atoms with Crippen LogP contribution in [0.3, 0.4) is 0 Å². The van der Waals surface area contributed by atoms with E-state index in [9.17, 15) is 18.0 Å². The van der Waals surface area contributed by atoms with Crippen molar-refractivity contribution in [3.63, 3.8) is 0 Å². The number of hydrogen-bond donors (Lipinski definition) is 2. The molecular formula is C17H12F3N7OS. The molecule has 0 saturated carbocycles. The zero-order valence-corrected chi connectivity index (χ0v) is 15.6. The molecule has 0 unspecified atom stereocenters. The van der Waals surface area contributed by atoms with Crippen LogP contribution >= 0.6 is 11.3 Å². The van der Waals surface area contributed by atoms with Gasteiger partial charge in [-0.05, 0) is 13.0 Å². The summed E-state index contributed by atoms with van der Waals surface area (Å²) in [5.74, 6) is 0.114. The number of halogens is 3. The SMILES string of the molecule is CCNC(=O)Nc1cc(-c2nc(C(F)(F)F)cs2)c(-c2cncc(C#N)n2)cn1. The molecule has 2 N–H and O–H groups in total. The van der Waals surface area contributed by atoms with E-state index in [2.05, 4.69) is 30.6 Å². The molecule has 3 heterocycles. The number of rotatable bonds is 4. The monoisotopic (exact) mass is 419 g/mol. The van der Waals surface area contributed by atoms with Crippen molar-refractivity contribution >= 4 is 23.2 Å². The average Bonchev–Trinajstić information content (AvgIpc) is 3.19. The number of amides is 2. The van der Waals surface area contributed by atoms with E-state index in [1.54, 1.807) is 6.92 Å². The van der Waals surface area contributed by atoms with Crippen LogP contribution in [0.5, 0.6) is 0 Å². The first-order valence-electron chi connectivity index (χ1n) is 8.12. The van der Waals surface area contributed by atoms with Gasteiger partial charge in [0, 0.05) is 29.2 Å². The number of nitrogens with one attached hydrogen (secondary N) is 2. The molecule has 0 atom stereocenters. The number of carbonyl (C=O) groups is 1. The first-order valence-corrected chi connectivity index (χ1v) is 9.00. The Morgan fingerprint density at radius 1 is 1.24 bits per heavy atom. The van der Waals surface area contributed by atoms with Crippen LogP contribution in [0.25, 0.3) is 21.8 Å². The topological polar surface area (TPSA) is 116 Å². The fourth-order valence-corrected chi connectivity index (χ4v) is 3.16. The van der Waals surface area contributed by atoms with E-state index in [1.165, 1.54) is 24.7 Å². The van der Waals surface area contributed by atoms with E-state index in [0.29, 0.717) is 12.1 Å². The predicted molar refractivity (Wildman–Crippen MR) is 98.8 cm³/mol. The number of hydrogen-bond acceptors (Lipinski definition) is 7. The highest BCUT2D eigenvalue weighted by Gasteiger charge is 2.34. The Morgan fingerprint density at radius 2 is 2.03 bits per heavy atom. The summed E-state index contributed by atoms with van der Waals surface area (Å²) in [4.78, 5) is 27.6. The molecule has 3 aromatic heterocycles. The Morgan fingerprint density at radius 3 is 2.69 bits per heavy atom. The minimum atomic E-state index is -4.59. The van der Waals surface area contributed by atoms with Gasteiger partial charge in [-0.25, -0.2) is 19.7 Å². The molecule has 2 amide bonds. The standard InChI is InChI=1S/C17H12F3N7OS/c1-2-23-16(28)27-14-3-10(15-26-13(8-29-15)17(18,19)20)11(6-24-14)12-7-22-5-9(4-21)25-12/h3,5-8H,2H2,1H3,(H2,23,24,27,28). The van der Waals surface area contributed by atoms with E-state index in [4.69, 9.17) is 5.26 Å². The van der Waals surface area contributed by atoms with Gasteiger partial charge in [-0.15, -0.1) is 11.3 Å². The second kappa shape index (κ2) is 8.19. The third-order valence-corrected chi connectivity index (χ3v) is 4.41. The van der Waals surface area contributed by atoms with Gasteiger partial charge >= 0.3 is 12.2 Å². The summed E-state index contributed by atoms with van der Waals surface area (Å²) in [7, 11) is 0. The van der Waals surface area contributed by atoms with Crippen molar-refractivity contribution in [2.24, 2.45) is 0 Å². The minimum absolute atomic E-state index is 0.0353. The second-order valence-corrected chi connectivity index (χ2v) is 6.39. The molecule has 3 aromatic rings. The van der Waals surface area contributed by atoms with Crippen LogP contribution in [-0.2, 0) is 6.18 Å². The Kier molecular flexibility index (Phi) is 5.69. The highest BCUT2D eigenvalue weighted by molar-refractivity contribution is 7.13. The van der Waals surface area contributed by atoms with Crippen molar-refractivity contribution in [2.75, 3.05) is 11.9 Å². The maximum absolute atomic E-state index is 13.0. The normalized spacial score (nSPS) is 11.0. The van der Waals surface area contributed by atoms with Gasteiger partial charge < -0.3 is 5.32 Å². The average molecular weight is 419 g/mol. The fourth-order valence-electron chi connectivity index (χ4n) is 2.30. The molecule has 0 aliphatic rings. The van der Waals surface area contributed by atoms with Gasteiger partial charge in [-0.2, -0.15) is 18.4 Å². The van der Waals surface area contributed by atoms with Crippen LogP contribution in [0.2, 0.25) is 0 Å². The lowest BCUT2D eigenvalue weighted by Crippen LogP contribution is -2.28. The number of pyridine rings is 1. The highest BCUT2D eigenvalue weighted by atomic mass is 32.1. The first-order chi connectivity index (χ1) is 13.8. The molecule has 0 aromatic carbocycles. The van der Waals surface area contributed by atoms with Crippen molar-refractivity contribution in [3.8, 4) is 27.9 Å². The van der Waals surface area contributed by atoms with Gasteiger partial charge in [-0.3, -0.25) is 10.3 Å². The minimum Gasteiger partial charge on any atom is -0.338 e. The molecule has 0 fully saturated rings. The summed E-state index contributed by atoms with van der Waals surface area (Å²) in [6, 6.07) is 2.73. The summed E-state index contributed by atoms with van der Waals surface area (Å²) in [6.45, 7) is 2.12. The Bertz CT molecular complexity index is 1090. The van der Waals surface area contributed by atoms with E-state index < -0.39 is 17.9 Å². The smallest absolute Gasteiger partial charge is 0.338 e. The maximum atomic E-state index is 13.0. The number of anilines is 1. The summed E-state index contributed by atoms with van der Waals surface area (Å²) in [5.41, 5.74) is -0.181. The van der Waals surface area contributed by atoms with Crippen LogP contribution in [0, 0.1) is 11.3 Å². The van der Waals surface area contributed by atoms with Gasteiger partial charge in [0.05, 0.1) is 18.1 Å². The summed E-state index contributed by atoms with van der Waals surface area (Å²) in [5, 5.41) is 15.0. The summed E-state index contributed by atoms with van der Waals surface area (Å²) in [6.07, 6.45) is -0.648. The lowest BCUT2D eigenvalue weighted by Gasteiger charge is -2.10. The highest BCUT2D eigenvalue weighted by Crippen LogP contribution is 2.37. The first kappa shape index (κ1) is 20.2. The van der Waals surface area contributed by atoms with Crippen LogP contribution in [0.4, 0.5) is 23.8 Å². The Hall–Kier alpha value is -3.59. The summed E-state index contributed by atoms with van der Waals surface area (Å²) < 4.78 is 39.0. The number of nitriles is 1. The van der Waals surface area contributed by atoms with Gasteiger partial charge in [0.25, 0.3) is 0 Å². The van der Waals surface area contributed by atoms with E-state index in [0.717, 1.165) is 16.7 Å². The lowest BCUT2D eigenvalue weighted by molar-refractivity contribution is -0.140. The van der Waals surface area contributed by atoms with Crippen LogP contribution < -0.4 is 10.6 Å². The second-order valence-electron chi connectivity index (χ2n) is 5.54. The maximum Gasteiger partial charge on any atom is 0.434 e. The third-order valence-electron chi connectivity index (χ3n) is 3.53. The van der Waals surface area contributed by atoms with E-state index in [1.807, 2.05) is 6.07 Å². The molecular weight excluding hydrogens is 407 g/mol. The van der Waals surface area contributed by atoms with Gasteiger partial charge in [0.2, 0.25) is 0 Å². The molecule has 12 heteroatoms. The third kappa shape index (κ3) is 4.64. The molecule has 0 saturated heterocycles. The Balaban J connectivity index is 2.11. The molecule has 0 aliphatic carbocycles. The van der Waals surface area contributed by atoms with Crippen molar-refractivity contribution < 1.29 is 18.0 Å². The molecule has 8 nitrogen and oxygen atoms in total.